The molecule has 1 aromatic rings. The molecule has 0 radical (unpaired) electrons. The lowest BCUT2D eigenvalue weighted by Gasteiger charge is -2.15. The largest absolute Gasteiger partial charge is 0.494 e. The Hall–Kier alpha value is -1.55. The van der Waals surface area contributed by atoms with Crippen LogP contribution in [-0.2, 0) is 4.79 Å². The molecule has 19 heavy (non-hydrogen) atoms. The molecule has 0 aliphatic rings. The second-order valence-corrected chi connectivity index (χ2v) is 4.74. The van der Waals surface area contributed by atoms with Gasteiger partial charge in [0.15, 0.2) is 0 Å². The third kappa shape index (κ3) is 5.30. The fourth-order valence-corrected chi connectivity index (χ4v) is 1.68. The highest BCUT2D eigenvalue weighted by atomic mass is 16.5. The molecule has 0 aliphatic carbocycles. The van der Waals surface area contributed by atoms with Crippen LogP contribution >= 0.6 is 0 Å². The van der Waals surface area contributed by atoms with E-state index in [0.29, 0.717) is 26.0 Å². The first-order valence-corrected chi connectivity index (χ1v) is 6.59. The highest BCUT2D eigenvalue weighted by Crippen LogP contribution is 2.16. The van der Waals surface area contributed by atoms with Gasteiger partial charge in [0.2, 0.25) is 5.91 Å². The summed E-state index contributed by atoms with van der Waals surface area (Å²) in [6, 6.07) is 5.99. The van der Waals surface area contributed by atoms with Gasteiger partial charge in [-0.1, -0.05) is 6.07 Å². The van der Waals surface area contributed by atoms with Crippen molar-refractivity contribution < 1.29 is 14.6 Å². The van der Waals surface area contributed by atoms with Gasteiger partial charge in [0, 0.05) is 20.0 Å². The first-order chi connectivity index (χ1) is 9.04. The number of nitrogens with zero attached hydrogens (tertiary/aromatic N) is 1. The topological polar surface area (TPSA) is 49.8 Å². The van der Waals surface area contributed by atoms with Crippen molar-refractivity contribution in [3.05, 3.63) is 29.3 Å². The zero-order valence-corrected chi connectivity index (χ0v) is 12.0. The minimum absolute atomic E-state index is 0.00137. The van der Waals surface area contributed by atoms with E-state index in [1.54, 1.807) is 7.05 Å². The molecule has 0 aliphatic heterocycles. The molecule has 1 aromatic carbocycles. The molecule has 0 saturated carbocycles. The van der Waals surface area contributed by atoms with Crippen molar-refractivity contribution in [2.24, 2.45) is 0 Å². The number of aliphatic hydroxyl groups is 1. The van der Waals surface area contributed by atoms with Gasteiger partial charge >= 0.3 is 0 Å². The second kappa shape index (κ2) is 7.79. The molecular formula is C15H23NO3. The molecule has 0 unspecified atom stereocenters. The minimum Gasteiger partial charge on any atom is -0.494 e. The van der Waals surface area contributed by atoms with E-state index >= 15 is 0 Å². The Balaban J connectivity index is 2.27. The fourth-order valence-electron chi connectivity index (χ4n) is 1.68. The van der Waals surface area contributed by atoms with Crippen LogP contribution in [0.3, 0.4) is 0 Å². The number of carbonyl (C=O) groups is 1. The van der Waals surface area contributed by atoms with E-state index in [2.05, 4.69) is 13.8 Å². The molecule has 1 amide bonds. The molecule has 0 bridgehead atoms. The molecule has 106 valence electrons. The van der Waals surface area contributed by atoms with Gasteiger partial charge in [0.1, 0.15) is 5.75 Å². The Morgan fingerprint density at radius 1 is 1.32 bits per heavy atom. The number of hydrogen-bond donors (Lipinski definition) is 1. The molecule has 0 atom stereocenters. The highest BCUT2D eigenvalue weighted by Gasteiger charge is 2.07. The Kier molecular flexibility index (Phi) is 6.36. The van der Waals surface area contributed by atoms with Gasteiger partial charge in [-0.15, -0.1) is 0 Å². The Labute approximate surface area is 115 Å². The van der Waals surface area contributed by atoms with Crippen molar-refractivity contribution in [3.63, 3.8) is 0 Å². The maximum atomic E-state index is 11.6. The summed E-state index contributed by atoms with van der Waals surface area (Å²) >= 11 is 0. The van der Waals surface area contributed by atoms with E-state index in [9.17, 15) is 4.79 Å². The maximum absolute atomic E-state index is 11.6. The molecule has 4 heteroatoms. The third-order valence-electron chi connectivity index (χ3n) is 3.14. The highest BCUT2D eigenvalue weighted by molar-refractivity contribution is 5.75. The smallest absolute Gasteiger partial charge is 0.222 e. The molecule has 4 nitrogen and oxygen atoms in total. The summed E-state index contributed by atoms with van der Waals surface area (Å²) in [4.78, 5) is 13.1. The Morgan fingerprint density at radius 2 is 2.05 bits per heavy atom. The predicted molar refractivity (Wildman–Crippen MR) is 75.4 cm³/mol. The monoisotopic (exact) mass is 265 g/mol. The standard InChI is InChI=1S/C15H23NO3/c1-12-6-7-14(11-13(12)2)19-10-4-5-15(18)16(3)8-9-17/h6-7,11,17H,4-5,8-10H2,1-3H3. The number of benzene rings is 1. The quantitative estimate of drug-likeness (QED) is 0.766. The van der Waals surface area contributed by atoms with Gasteiger partial charge in [0.05, 0.1) is 13.2 Å². The van der Waals surface area contributed by atoms with Crippen LogP contribution in [0.5, 0.6) is 5.75 Å². The van der Waals surface area contributed by atoms with Crippen LogP contribution in [0.15, 0.2) is 18.2 Å². The van der Waals surface area contributed by atoms with E-state index in [4.69, 9.17) is 9.84 Å². The van der Waals surface area contributed by atoms with Crippen LogP contribution in [0.2, 0.25) is 0 Å². The number of hydrogen-bond acceptors (Lipinski definition) is 3. The lowest BCUT2D eigenvalue weighted by Crippen LogP contribution is -2.29. The SMILES string of the molecule is Cc1ccc(OCCCC(=O)N(C)CCO)cc1C. The number of likely N-dealkylation sites (N-methyl/N-ethyl adjacent to an activating group) is 1. The van der Waals surface area contributed by atoms with E-state index in [-0.39, 0.29) is 12.5 Å². The molecule has 0 fully saturated rings. The van der Waals surface area contributed by atoms with Crippen molar-refractivity contribution in [2.45, 2.75) is 26.7 Å². The molecule has 0 spiro atoms. The number of amides is 1. The van der Waals surface area contributed by atoms with Gasteiger partial charge in [-0.2, -0.15) is 0 Å². The van der Waals surface area contributed by atoms with E-state index in [1.165, 1.54) is 16.0 Å². The molecular weight excluding hydrogens is 242 g/mol. The van der Waals surface area contributed by atoms with E-state index in [0.717, 1.165) is 5.75 Å². The fraction of sp³-hybridized carbons (Fsp3) is 0.533. The number of carbonyl (C=O) groups excluding carboxylic acids is 1. The normalized spacial score (nSPS) is 10.3. The number of aliphatic hydroxyl groups excluding tert-OH is 1. The zero-order valence-electron chi connectivity index (χ0n) is 12.0. The summed E-state index contributed by atoms with van der Waals surface area (Å²) in [5.41, 5.74) is 2.45. The third-order valence-corrected chi connectivity index (χ3v) is 3.14. The molecule has 0 aromatic heterocycles. The summed E-state index contributed by atoms with van der Waals surface area (Å²) in [6.45, 7) is 5.03. The van der Waals surface area contributed by atoms with E-state index in [1.807, 2.05) is 18.2 Å². The van der Waals surface area contributed by atoms with Crippen LogP contribution in [0.1, 0.15) is 24.0 Å². The van der Waals surface area contributed by atoms with Gasteiger partial charge in [-0.25, -0.2) is 0 Å². The summed E-state index contributed by atoms with van der Waals surface area (Å²) in [5.74, 6) is 0.886. The van der Waals surface area contributed by atoms with Crippen LogP contribution in [-0.4, -0.2) is 42.7 Å². The van der Waals surface area contributed by atoms with Gasteiger partial charge < -0.3 is 14.7 Å². The van der Waals surface area contributed by atoms with E-state index < -0.39 is 0 Å². The number of ether oxygens (including phenoxy) is 1. The van der Waals surface area contributed by atoms with Crippen LogP contribution in [0.25, 0.3) is 0 Å². The first-order valence-electron chi connectivity index (χ1n) is 6.59. The van der Waals surface area contributed by atoms with Gasteiger partial charge in [-0.3, -0.25) is 4.79 Å². The summed E-state index contributed by atoms with van der Waals surface area (Å²) in [6.07, 6.45) is 1.13. The second-order valence-electron chi connectivity index (χ2n) is 4.74. The van der Waals surface area contributed by atoms with Crippen LogP contribution < -0.4 is 4.74 Å². The van der Waals surface area contributed by atoms with Crippen molar-refractivity contribution >= 4 is 5.91 Å². The average molecular weight is 265 g/mol. The van der Waals surface area contributed by atoms with Gasteiger partial charge in [0.25, 0.3) is 0 Å². The Morgan fingerprint density at radius 3 is 2.68 bits per heavy atom. The predicted octanol–water partition coefficient (Wildman–Crippen LogP) is 1.91. The summed E-state index contributed by atoms with van der Waals surface area (Å²) < 4.78 is 5.61. The van der Waals surface area contributed by atoms with Crippen molar-refractivity contribution in [1.29, 1.82) is 0 Å². The number of rotatable bonds is 7. The average Bonchev–Trinajstić information content (AvgIpc) is 2.38. The zero-order chi connectivity index (χ0) is 14.3. The van der Waals surface area contributed by atoms with Crippen molar-refractivity contribution in [2.75, 3.05) is 26.8 Å². The molecule has 1 rings (SSSR count). The van der Waals surface area contributed by atoms with Crippen LogP contribution in [0, 0.1) is 13.8 Å². The Bertz CT molecular complexity index is 418. The lowest BCUT2D eigenvalue weighted by atomic mass is 10.1. The minimum atomic E-state index is 0.00137. The summed E-state index contributed by atoms with van der Waals surface area (Å²) in [5, 5.41) is 8.74. The lowest BCUT2D eigenvalue weighted by molar-refractivity contribution is -0.130. The van der Waals surface area contributed by atoms with Crippen molar-refractivity contribution in [3.8, 4) is 5.75 Å². The molecule has 0 heterocycles. The van der Waals surface area contributed by atoms with Crippen LogP contribution in [0.4, 0.5) is 0 Å². The maximum Gasteiger partial charge on any atom is 0.222 e. The summed E-state index contributed by atoms with van der Waals surface area (Å²) in [7, 11) is 1.70. The first kappa shape index (κ1) is 15.5. The molecule has 1 N–H and O–H groups in total. The number of aryl methyl sites for hydroxylation is 2. The van der Waals surface area contributed by atoms with Gasteiger partial charge in [-0.05, 0) is 43.5 Å². The van der Waals surface area contributed by atoms with Crippen molar-refractivity contribution in [1.82, 2.24) is 4.90 Å². The molecule has 0 saturated heterocycles.